The summed E-state index contributed by atoms with van der Waals surface area (Å²) in [6.07, 6.45) is 3.55. The molecule has 1 amide bonds. The molecule has 1 aliphatic rings. The zero-order valence-electron chi connectivity index (χ0n) is 9.87. The Morgan fingerprint density at radius 1 is 1.59 bits per heavy atom. The molecule has 1 aliphatic carbocycles. The maximum Gasteiger partial charge on any atom is 0.251 e. The van der Waals surface area contributed by atoms with Gasteiger partial charge < -0.3 is 11.1 Å². The Morgan fingerprint density at radius 3 is 2.88 bits per heavy atom. The van der Waals surface area contributed by atoms with Crippen LogP contribution in [-0.2, 0) is 0 Å². The van der Waals surface area contributed by atoms with Gasteiger partial charge in [0.1, 0.15) is 5.82 Å². The molecule has 1 atom stereocenters. The molecule has 1 unspecified atom stereocenters. The van der Waals surface area contributed by atoms with Crippen LogP contribution in [-0.4, -0.2) is 11.9 Å². The summed E-state index contributed by atoms with van der Waals surface area (Å²) in [6.45, 7) is 1.99. The van der Waals surface area contributed by atoms with Crippen molar-refractivity contribution in [2.45, 2.75) is 32.2 Å². The average Bonchev–Trinajstić information content (AvgIpc) is 3.05. The highest BCUT2D eigenvalue weighted by molar-refractivity contribution is 5.95. The normalized spacial score (nSPS) is 16.6. The molecular weight excluding hydrogens is 219 g/mol. The molecule has 17 heavy (non-hydrogen) atoms. The van der Waals surface area contributed by atoms with E-state index in [0.29, 0.717) is 5.56 Å². The SMILES string of the molecule is CC(CC1CC1)NC(=O)c1ccc(F)c(N)c1. The van der Waals surface area contributed by atoms with Gasteiger partial charge in [-0.15, -0.1) is 0 Å². The minimum Gasteiger partial charge on any atom is -0.396 e. The molecule has 1 aromatic carbocycles. The first-order valence-corrected chi connectivity index (χ1v) is 5.92. The lowest BCUT2D eigenvalue weighted by Crippen LogP contribution is -2.32. The molecule has 1 saturated carbocycles. The van der Waals surface area contributed by atoms with Crippen LogP contribution < -0.4 is 11.1 Å². The highest BCUT2D eigenvalue weighted by Gasteiger charge is 2.24. The number of hydrogen-bond donors (Lipinski definition) is 2. The molecular formula is C13H17FN2O. The first kappa shape index (κ1) is 11.9. The van der Waals surface area contributed by atoms with E-state index < -0.39 is 5.82 Å². The molecule has 1 fully saturated rings. The van der Waals surface area contributed by atoms with Crippen LogP contribution in [0.3, 0.4) is 0 Å². The van der Waals surface area contributed by atoms with Gasteiger partial charge in [-0.05, 0) is 37.5 Å². The van der Waals surface area contributed by atoms with Crippen LogP contribution in [0.25, 0.3) is 0 Å². The van der Waals surface area contributed by atoms with Crippen molar-refractivity contribution in [2.75, 3.05) is 5.73 Å². The first-order valence-electron chi connectivity index (χ1n) is 5.92. The predicted molar refractivity (Wildman–Crippen MR) is 65.1 cm³/mol. The second-order valence-electron chi connectivity index (χ2n) is 4.79. The van der Waals surface area contributed by atoms with E-state index in [1.807, 2.05) is 6.92 Å². The van der Waals surface area contributed by atoms with E-state index in [0.717, 1.165) is 12.3 Å². The van der Waals surface area contributed by atoms with Gasteiger partial charge in [0.2, 0.25) is 0 Å². The Hall–Kier alpha value is -1.58. The second kappa shape index (κ2) is 4.73. The Bertz CT molecular complexity index is 429. The second-order valence-corrected chi connectivity index (χ2v) is 4.79. The summed E-state index contributed by atoms with van der Waals surface area (Å²) >= 11 is 0. The molecule has 0 aromatic heterocycles. The zero-order chi connectivity index (χ0) is 12.4. The lowest BCUT2D eigenvalue weighted by atomic mass is 10.1. The number of anilines is 1. The van der Waals surface area contributed by atoms with Crippen molar-refractivity contribution >= 4 is 11.6 Å². The molecule has 0 heterocycles. The molecule has 0 spiro atoms. The van der Waals surface area contributed by atoms with Gasteiger partial charge in [-0.2, -0.15) is 0 Å². The smallest absolute Gasteiger partial charge is 0.251 e. The number of carbonyl (C=O) groups is 1. The summed E-state index contributed by atoms with van der Waals surface area (Å²) in [5, 5.41) is 2.90. The summed E-state index contributed by atoms with van der Waals surface area (Å²) in [7, 11) is 0. The van der Waals surface area contributed by atoms with E-state index in [4.69, 9.17) is 5.73 Å². The summed E-state index contributed by atoms with van der Waals surface area (Å²) in [5.41, 5.74) is 5.84. The van der Waals surface area contributed by atoms with Crippen LogP contribution in [0.1, 0.15) is 36.5 Å². The average molecular weight is 236 g/mol. The number of nitrogens with one attached hydrogen (secondary N) is 1. The quantitative estimate of drug-likeness (QED) is 0.788. The maximum absolute atomic E-state index is 12.9. The van der Waals surface area contributed by atoms with Crippen LogP contribution in [0.5, 0.6) is 0 Å². The molecule has 4 heteroatoms. The van der Waals surface area contributed by atoms with Gasteiger partial charge in [-0.25, -0.2) is 4.39 Å². The van der Waals surface area contributed by atoms with Crippen molar-refractivity contribution in [2.24, 2.45) is 5.92 Å². The number of amides is 1. The molecule has 92 valence electrons. The van der Waals surface area contributed by atoms with E-state index in [-0.39, 0.29) is 17.6 Å². The van der Waals surface area contributed by atoms with Crippen LogP contribution >= 0.6 is 0 Å². The van der Waals surface area contributed by atoms with Gasteiger partial charge in [0.05, 0.1) is 5.69 Å². The fraction of sp³-hybridized carbons (Fsp3) is 0.462. The third kappa shape index (κ3) is 3.19. The van der Waals surface area contributed by atoms with Crippen molar-refractivity contribution in [3.63, 3.8) is 0 Å². The number of nitrogens with two attached hydrogens (primary N) is 1. The fourth-order valence-electron chi connectivity index (χ4n) is 1.90. The number of benzene rings is 1. The third-order valence-electron chi connectivity index (χ3n) is 3.02. The van der Waals surface area contributed by atoms with Crippen molar-refractivity contribution in [3.8, 4) is 0 Å². The molecule has 2 rings (SSSR count). The number of rotatable bonds is 4. The summed E-state index contributed by atoms with van der Waals surface area (Å²) in [4.78, 5) is 11.8. The Kier molecular flexibility index (Phi) is 3.31. The lowest BCUT2D eigenvalue weighted by molar-refractivity contribution is 0.0937. The summed E-state index contributed by atoms with van der Waals surface area (Å²) in [5.74, 6) is 0.0843. The van der Waals surface area contributed by atoms with Crippen LogP contribution in [0, 0.1) is 11.7 Å². The van der Waals surface area contributed by atoms with Gasteiger partial charge in [-0.1, -0.05) is 12.8 Å². The third-order valence-corrected chi connectivity index (χ3v) is 3.02. The number of carbonyl (C=O) groups excluding carboxylic acids is 1. The summed E-state index contributed by atoms with van der Waals surface area (Å²) in [6, 6.07) is 4.19. The van der Waals surface area contributed by atoms with E-state index >= 15 is 0 Å². The molecule has 1 aromatic rings. The molecule has 0 radical (unpaired) electrons. The molecule has 3 nitrogen and oxygen atoms in total. The van der Waals surface area contributed by atoms with E-state index in [9.17, 15) is 9.18 Å². The van der Waals surface area contributed by atoms with Crippen LogP contribution in [0.15, 0.2) is 18.2 Å². The van der Waals surface area contributed by atoms with Crippen molar-refractivity contribution < 1.29 is 9.18 Å². The first-order chi connectivity index (χ1) is 8.06. The number of halogens is 1. The summed E-state index contributed by atoms with van der Waals surface area (Å²) < 4.78 is 12.9. The molecule has 0 aliphatic heterocycles. The monoisotopic (exact) mass is 236 g/mol. The van der Waals surface area contributed by atoms with E-state index in [1.165, 1.54) is 31.0 Å². The van der Waals surface area contributed by atoms with Gasteiger partial charge in [-0.3, -0.25) is 4.79 Å². The van der Waals surface area contributed by atoms with Crippen molar-refractivity contribution in [1.82, 2.24) is 5.32 Å². The standard InChI is InChI=1S/C13H17FN2O/c1-8(6-9-2-3-9)16-13(17)10-4-5-11(14)12(15)7-10/h4-5,7-9H,2-3,6,15H2,1H3,(H,16,17). The number of nitrogen functional groups attached to an aromatic ring is 1. The van der Waals surface area contributed by atoms with Gasteiger partial charge in [0, 0.05) is 11.6 Å². The van der Waals surface area contributed by atoms with Crippen molar-refractivity contribution in [3.05, 3.63) is 29.6 Å². The predicted octanol–water partition coefficient (Wildman–Crippen LogP) is 2.33. The Labute approximate surface area is 100 Å². The van der Waals surface area contributed by atoms with Crippen LogP contribution in [0.2, 0.25) is 0 Å². The maximum atomic E-state index is 12.9. The fourth-order valence-corrected chi connectivity index (χ4v) is 1.90. The molecule has 3 N–H and O–H groups in total. The Balaban J connectivity index is 1.95. The van der Waals surface area contributed by atoms with Gasteiger partial charge in [0.25, 0.3) is 5.91 Å². The van der Waals surface area contributed by atoms with Crippen LogP contribution in [0.4, 0.5) is 10.1 Å². The minimum absolute atomic E-state index is 0.00694. The molecule has 0 bridgehead atoms. The van der Waals surface area contributed by atoms with Crippen molar-refractivity contribution in [1.29, 1.82) is 0 Å². The Morgan fingerprint density at radius 2 is 2.29 bits per heavy atom. The minimum atomic E-state index is -0.493. The molecule has 0 saturated heterocycles. The van der Waals surface area contributed by atoms with Gasteiger partial charge >= 0.3 is 0 Å². The largest absolute Gasteiger partial charge is 0.396 e. The topological polar surface area (TPSA) is 55.1 Å². The van der Waals surface area contributed by atoms with E-state index in [1.54, 1.807) is 0 Å². The van der Waals surface area contributed by atoms with Gasteiger partial charge in [0.15, 0.2) is 0 Å². The zero-order valence-corrected chi connectivity index (χ0v) is 9.87. The highest BCUT2D eigenvalue weighted by atomic mass is 19.1. The van der Waals surface area contributed by atoms with E-state index in [2.05, 4.69) is 5.32 Å². The highest BCUT2D eigenvalue weighted by Crippen LogP contribution is 2.33. The lowest BCUT2D eigenvalue weighted by Gasteiger charge is -2.13. The number of hydrogen-bond acceptors (Lipinski definition) is 2.